The number of hydrogen-bond acceptors (Lipinski definition) is 14. The predicted molar refractivity (Wildman–Crippen MR) is 278 cm³/mol. The molecule has 0 unspecified atom stereocenters. The molecule has 0 saturated carbocycles. The molecular formula is C53H72N10O14. The van der Waals surface area contributed by atoms with Gasteiger partial charge in [-0.25, -0.2) is 4.79 Å². The van der Waals surface area contributed by atoms with E-state index in [9.17, 15) is 68.4 Å². The molecule has 1 fully saturated rings. The fourth-order valence-electron chi connectivity index (χ4n) is 8.46. The first-order chi connectivity index (χ1) is 36.5. The molecule has 1 aliphatic heterocycles. The number of aliphatic carboxylic acids is 1. The Hall–Kier alpha value is -7.96. The van der Waals surface area contributed by atoms with Crippen LogP contribution in [0.5, 0.6) is 5.75 Å². The molecule has 9 amide bonds. The van der Waals surface area contributed by atoms with Crippen molar-refractivity contribution in [2.45, 2.75) is 140 Å². The maximum absolute atomic E-state index is 14.6. The Bertz CT molecular complexity index is 2520. The van der Waals surface area contributed by atoms with Crippen LogP contribution in [-0.4, -0.2) is 158 Å². The largest absolute Gasteiger partial charge is 0.508 e. The summed E-state index contributed by atoms with van der Waals surface area (Å²) in [6, 6.07) is 10.2. The van der Waals surface area contributed by atoms with Gasteiger partial charge >= 0.3 is 5.97 Å². The first kappa shape index (κ1) is 61.6. The summed E-state index contributed by atoms with van der Waals surface area (Å²) in [5.74, 6) is -9.18. The highest BCUT2D eigenvalue weighted by atomic mass is 16.4. The molecule has 0 aliphatic carbocycles. The molecule has 0 bridgehead atoms. The van der Waals surface area contributed by atoms with Crippen molar-refractivity contribution in [1.29, 1.82) is 0 Å². The Labute approximate surface area is 445 Å². The number of benzene rings is 3. The number of nitrogens with zero attached hydrogens (tertiary/aromatic N) is 1. The smallest absolute Gasteiger partial charge is 0.328 e. The number of nitrogens with one attached hydrogen (secondary N) is 7. The van der Waals surface area contributed by atoms with Gasteiger partial charge in [0.05, 0.1) is 18.8 Å². The van der Waals surface area contributed by atoms with Crippen molar-refractivity contribution >= 4 is 59.1 Å². The van der Waals surface area contributed by atoms with E-state index in [0.717, 1.165) is 0 Å². The molecule has 1 heterocycles. The minimum Gasteiger partial charge on any atom is -0.508 e. The molecule has 3 aromatic rings. The van der Waals surface area contributed by atoms with E-state index >= 15 is 0 Å². The van der Waals surface area contributed by atoms with Crippen molar-refractivity contribution in [3.8, 4) is 5.75 Å². The van der Waals surface area contributed by atoms with Gasteiger partial charge in [0.15, 0.2) is 6.04 Å². The Morgan fingerprint density at radius 2 is 1.09 bits per heavy atom. The average molecular weight is 1070 g/mol. The molecule has 10 atom stereocenters. The van der Waals surface area contributed by atoms with E-state index in [2.05, 4.69) is 37.2 Å². The maximum atomic E-state index is 14.6. The number of hydrogen-bond donors (Lipinski definition) is 13. The summed E-state index contributed by atoms with van der Waals surface area (Å²) in [5, 5.41) is 57.5. The second-order valence-corrected chi connectivity index (χ2v) is 19.5. The number of likely N-dealkylation sites (tertiary alicyclic amines) is 1. The quantitative estimate of drug-likeness (QED) is 0.0355. The number of amides is 9. The number of aliphatic hydroxyl groups is 2. The lowest BCUT2D eigenvalue weighted by Crippen LogP contribution is -2.61. The van der Waals surface area contributed by atoms with Gasteiger partial charge in [-0.05, 0) is 74.3 Å². The molecule has 4 rings (SSSR count). The molecule has 24 heteroatoms. The summed E-state index contributed by atoms with van der Waals surface area (Å²) >= 11 is 0. The van der Waals surface area contributed by atoms with Crippen LogP contribution in [0, 0.1) is 5.92 Å². The number of nitrogens with two attached hydrogens (primary N) is 2. The number of rotatable bonds is 29. The zero-order valence-corrected chi connectivity index (χ0v) is 43.5. The van der Waals surface area contributed by atoms with Gasteiger partial charge in [0.25, 0.3) is 0 Å². The zero-order chi connectivity index (χ0) is 56.9. The van der Waals surface area contributed by atoms with Crippen LogP contribution in [0.1, 0.15) is 76.5 Å². The van der Waals surface area contributed by atoms with Crippen LogP contribution in [0.4, 0.5) is 0 Å². The van der Waals surface area contributed by atoms with E-state index < -0.39 is 126 Å². The van der Waals surface area contributed by atoms with Gasteiger partial charge in [0.1, 0.15) is 48.0 Å². The van der Waals surface area contributed by atoms with Crippen molar-refractivity contribution in [3.05, 3.63) is 102 Å². The molecule has 3 aromatic carbocycles. The van der Waals surface area contributed by atoms with E-state index in [-0.39, 0.29) is 63.2 Å². The van der Waals surface area contributed by atoms with E-state index in [4.69, 9.17) is 11.5 Å². The average Bonchev–Trinajstić information content (AvgIpc) is 3.88. The van der Waals surface area contributed by atoms with Crippen LogP contribution in [0.2, 0.25) is 0 Å². The molecule has 77 heavy (non-hydrogen) atoms. The van der Waals surface area contributed by atoms with Crippen molar-refractivity contribution in [3.63, 3.8) is 0 Å². The molecule has 0 aromatic heterocycles. The van der Waals surface area contributed by atoms with Crippen molar-refractivity contribution in [1.82, 2.24) is 42.1 Å². The molecule has 1 saturated heterocycles. The third-order valence-electron chi connectivity index (χ3n) is 12.6. The summed E-state index contributed by atoms with van der Waals surface area (Å²) in [6.07, 6.45) is -1.68. The van der Waals surface area contributed by atoms with Crippen LogP contribution in [0.3, 0.4) is 0 Å². The Kier molecular flexibility index (Phi) is 24.0. The summed E-state index contributed by atoms with van der Waals surface area (Å²) in [4.78, 5) is 135. The third kappa shape index (κ3) is 19.6. The lowest BCUT2D eigenvalue weighted by atomic mass is 10.0. The van der Waals surface area contributed by atoms with Crippen LogP contribution in [-0.2, 0) is 67.2 Å². The lowest BCUT2D eigenvalue weighted by Gasteiger charge is -2.31. The first-order valence-electron chi connectivity index (χ1n) is 25.3. The number of carboxylic acid groups (broad SMARTS) is 1. The second kappa shape index (κ2) is 30.0. The van der Waals surface area contributed by atoms with Gasteiger partial charge in [-0.1, -0.05) is 86.6 Å². The highest BCUT2D eigenvalue weighted by molar-refractivity contribution is 5.98. The predicted octanol–water partition coefficient (Wildman–Crippen LogP) is -2.08. The Balaban J connectivity index is 1.52. The van der Waals surface area contributed by atoms with E-state index in [1.54, 1.807) is 60.7 Å². The van der Waals surface area contributed by atoms with Crippen molar-refractivity contribution in [2.24, 2.45) is 17.4 Å². The van der Waals surface area contributed by atoms with Gasteiger partial charge in [-0.3, -0.25) is 43.2 Å². The number of aromatic hydroxyl groups is 1. The second-order valence-electron chi connectivity index (χ2n) is 19.5. The number of phenols is 1. The Morgan fingerprint density at radius 3 is 1.62 bits per heavy atom. The molecule has 0 spiro atoms. The van der Waals surface area contributed by atoms with Crippen LogP contribution < -0.4 is 48.7 Å². The number of primary amides is 1. The highest BCUT2D eigenvalue weighted by Gasteiger charge is 2.41. The SMILES string of the molecule is CC(C)C[C@H](N)C(=O)N[C@@H](CCC(N)=O)C(=O)N[C@@H](Cc1ccc(O)cc1)C(=O)N[C@@H](C)C(=O)N[C@@H](CO)C(=O)N[C@@H](Cc1ccccc1)C(=O)N1CCC[C@H]1C(=O)N[C@@H](Cc1ccccc1)C(=O)N[C@H](C(=O)O)[C@@H](C)O. The molecule has 15 N–H and O–H groups in total. The molecular weight excluding hydrogens is 1000 g/mol. The van der Waals surface area contributed by atoms with Crippen LogP contribution in [0.15, 0.2) is 84.9 Å². The van der Waals surface area contributed by atoms with Crippen molar-refractivity contribution < 1.29 is 68.4 Å². The minimum absolute atomic E-state index is 0.0296. The highest BCUT2D eigenvalue weighted by Crippen LogP contribution is 2.21. The standard InChI is InChI=1S/C53H72N10O14/c1-29(2)24-36(54)46(69)57-37(21-22-43(55)67)47(70)58-38(26-34-17-19-35(66)20-18-34)48(71)56-30(3)45(68)61-41(28-64)50(73)60-40(27-33-14-9-6-10-15-33)52(75)63-23-11-16-42(63)51(74)59-39(25-32-12-7-5-8-13-32)49(72)62-44(31(4)65)53(76)77/h5-10,12-15,17-20,29-31,36-42,44,64-66H,11,16,21-28,54H2,1-4H3,(H2,55,67)(H,56,71)(H,57,69)(H,58,70)(H,59,74)(H,60,73)(H,61,68)(H,62,72)(H,76,77)/t30-,31+,36-,37-,38-,39-,40-,41-,42-,44-/m0/s1. The molecule has 1 aliphatic rings. The van der Waals surface area contributed by atoms with E-state index in [1.165, 1.54) is 43.0 Å². The van der Waals surface area contributed by atoms with Gasteiger partial charge in [0, 0.05) is 32.2 Å². The maximum Gasteiger partial charge on any atom is 0.328 e. The van der Waals surface area contributed by atoms with Gasteiger partial charge in [0.2, 0.25) is 53.2 Å². The number of aliphatic hydroxyl groups excluding tert-OH is 2. The summed E-state index contributed by atoms with van der Waals surface area (Å²) in [6.45, 7) is 5.21. The van der Waals surface area contributed by atoms with Gasteiger partial charge < -0.3 is 74.0 Å². The molecule has 0 radical (unpaired) electrons. The number of phenolic OH excluding ortho intramolecular Hbond substituents is 1. The third-order valence-corrected chi connectivity index (χ3v) is 12.6. The normalized spacial score (nSPS) is 16.6. The fourth-order valence-corrected chi connectivity index (χ4v) is 8.46. The molecule has 24 nitrogen and oxygen atoms in total. The fraction of sp³-hybridized carbons (Fsp3) is 0.472. The van der Waals surface area contributed by atoms with E-state index in [0.29, 0.717) is 23.1 Å². The summed E-state index contributed by atoms with van der Waals surface area (Å²) < 4.78 is 0. The van der Waals surface area contributed by atoms with Gasteiger partial charge in [-0.2, -0.15) is 0 Å². The first-order valence-corrected chi connectivity index (χ1v) is 25.3. The topological polar surface area (TPSA) is 391 Å². The number of carbonyl (C=O) groups is 10. The molecule has 418 valence electrons. The monoisotopic (exact) mass is 1070 g/mol. The van der Waals surface area contributed by atoms with E-state index in [1.807, 2.05) is 13.8 Å². The summed E-state index contributed by atoms with van der Waals surface area (Å²) in [5.41, 5.74) is 13.0. The number of carbonyl (C=O) groups excluding carboxylic acids is 9. The van der Waals surface area contributed by atoms with Crippen LogP contribution in [0.25, 0.3) is 0 Å². The van der Waals surface area contributed by atoms with Gasteiger partial charge in [-0.15, -0.1) is 0 Å². The summed E-state index contributed by atoms with van der Waals surface area (Å²) in [7, 11) is 0. The Morgan fingerprint density at radius 1 is 0.610 bits per heavy atom. The minimum atomic E-state index is -1.71. The van der Waals surface area contributed by atoms with Crippen LogP contribution >= 0.6 is 0 Å². The number of carboxylic acids is 1. The zero-order valence-electron chi connectivity index (χ0n) is 43.5. The van der Waals surface area contributed by atoms with Crippen molar-refractivity contribution in [2.75, 3.05) is 13.2 Å². The lowest BCUT2D eigenvalue weighted by molar-refractivity contribution is -0.145.